The second-order valence-electron chi connectivity index (χ2n) is 5.37. The first-order valence-electron chi connectivity index (χ1n) is 7.69. The topological polar surface area (TPSA) is 18.5 Å². The van der Waals surface area contributed by atoms with Crippen LogP contribution in [0.3, 0.4) is 0 Å². The minimum absolute atomic E-state index is 0.189. The molecule has 120 valence electrons. The SMILES string of the molecule is BrC(Br)=CC[C@@H]1C=CC[C@@H](CCCOCc2ccccc2)O1. The molecule has 0 aliphatic carbocycles. The second kappa shape index (κ2) is 10.4. The van der Waals surface area contributed by atoms with E-state index in [0.29, 0.717) is 12.7 Å². The molecule has 0 N–H and O–H groups in total. The zero-order valence-electron chi connectivity index (χ0n) is 12.6. The molecule has 0 spiro atoms. The van der Waals surface area contributed by atoms with E-state index in [-0.39, 0.29) is 6.10 Å². The summed E-state index contributed by atoms with van der Waals surface area (Å²) in [4.78, 5) is 0. The van der Waals surface area contributed by atoms with Crippen LogP contribution in [-0.2, 0) is 16.1 Å². The van der Waals surface area contributed by atoms with E-state index < -0.39 is 0 Å². The van der Waals surface area contributed by atoms with Crippen molar-refractivity contribution < 1.29 is 9.47 Å². The molecule has 0 amide bonds. The van der Waals surface area contributed by atoms with Gasteiger partial charge in [0.15, 0.2) is 0 Å². The molecule has 2 atom stereocenters. The van der Waals surface area contributed by atoms with Crippen molar-refractivity contribution in [3.8, 4) is 0 Å². The number of rotatable bonds is 8. The molecular formula is C18H22Br2O2. The maximum absolute atomic E-state index is 6.07. The Morgan fingerprint density at radius 2 is 2.09 bits per heavy atom. The molecule has 2 nitrogen and oxygen atoms in total. The standard InChI is InChI=1S/C18H22Br2O2/c19-18(20)12-11-17-9-4-8-16(22-17)10-5-13-21-14-15-6-2-1-3-7-15/h1-4,6-7,9,12,16-17H,5,8,10-11,13-14H2/t16-,17-/m0/s1. The molecule has 2 rings (SSSR count). The fourth-order valence-electron chi connectivity index (χ4n) is 2.43. The van der Waals surface area contributed by atoms with E-state index >= 15 is 0 Å². The maximum atomic E-state index is 6.07. The average Bonchev–Trinajstić information content (AvgIpc) is 2.54. The normalized spacial score (nSPS) is 20.8. The Bertz CT molecular complexity index is 481. The van der Waals surface area contributed by atoms with E-state index in [9.17, 15) is 0 Å². The van der Waals surface area contributed by atoms with Crippen molar-refractivity contribution in [3.63, 3.8) is 0 Å². The van der Waals surface area contributed by atoms with Crippen LogP contribution in [-0.4, -0.2) is 18.8 Å². The Hall–Kier alpha value is -0.420. The van der Waals surface area contributed by atoms with Crippen molar-refractivity contribution in [1.82, 2.24) is 0 Å². The number of halogens is 2. The van der Waals surface area contributed by atoms with Gasteiger partial charge in [-0.05, 0) is 63.1 Å². The van der Waals surface area contributed by atoms with E-state index in [2.05, 4.69) is 62.2 Å². The van der Waals surface area contributed by atoms with Gasteiger partial charge in [-0.2, -0.15) is 0 Å². The minimum Gasteiger partial charge on any atom is -0.377 e. The highest BCUT2D eigenvalue weighted by atomic mass is 79.9. The van der Waals surface area contributed by atoms with Crippen LogP contribution in [0.4, 0.5) is 0 Å². The molecule has 1 aliphatic heterocycles. The van der Waals surface area contributed by atoms with Crippen molar-refractivity contribution in [1.29, 1.82) is 0 Å². The van der Waals surface area contributed by atoms with Gasteiger partial charge in [-0.15, -0.1) is 0 Å². The molecule has 1 aromatic carbocycles. The van der Waals surface area contributed by atoms with Crippen molar-refractivity contribution in [2.24, 2.45) is 0 Å². The lowest BCUT2D eigenvalue weighted by atomic mass is 10.1. The highest BCUT2D eigenvalue weighted by molar-refractivity contribution is 9.28. The predicted molar refractivity (Wildman–Crippen MR) is 98.3 cm³/mol. The van der Waals surface area contributed by atoms with E-state index in [1.165, 1.54) is 5.56 Å². The van der Waals surface area contributed by atoms with Crippen molar-refractivity contribution in [3.05, 3.63) is 57.5 Å². The first kappa shape index (κ1) is 17.9. The zero-order valence-corrected chi connectivity index (χ0v) is 15.8. The molecule has 0 unspecified atom stereocenters. The molecule has 0 saturated heterocycles. The predicted octanol–water partition coefficient (Wildman–Crippen LogP) is 5.72. The van der Waals surface area contributed by atoms with Gasteiger partial charge in [0, 0.05) is 6.61 Å². The highest BCUT2D eigenvalue weighted by Crippen LogP contribution is 2.21. The van der Waals surface area contributed by atoms with Gasteiger partial charge in [-0.1, -0.05) is 48.6 Å². The minimum atomic E-state index is 0.189. The third-order valence-electron chi connectivity index (χ3n) is 3.55. The summed E-state index contributed by atoms with van der Waals surface area (Å²) in [6, 6.07) is 10.3. The maximum Gasteiger partial charge on any atom is 0.0794 e. The number of benzene rings is 1. The van der Waals surface area contributed by atoms with Crippen molar-refractivity contribution in [2.45, 2.75) is 44.5 Å². The molecule has 0 bridgehead atoms. The molecule has 0 saturated carbocycles. The summed E-state index contributed by atoms with van der Waals surface area (Å²) in [6.07, 6.45) is 11.0. The lowest BCUT2D eigenvalue weighted by Crippen LogP contribution is -2.24. The van der Waals surface area contributed by atoms with Crippen LogP contribution in [0.25, 0.3) is 0 Å². The average molecular weight is 430 g/mol. The Labute approximate surface area is 149 Å². The van der Waals surface area contributed by atoms with Crippen LogP contribution < -0.4 is 0 Å². The smallest absolute Gasteiger partial charge is 0.0794 e. The van der Waals surface area contributed by atoms with Crippen molar-refractivity contribution >= 4 is 31.9 Å². The highest BCUT2D eigenvalue weighted by Gasteiger charge is 2.17. The number of hydrogen-bond donors (Lipinski definition) is 0. The first-order chi connectivity index (χ1) is 10.7. The summed E-state index contributed by atoms with van der Waals surface area (Å²) in [5.74, 6) is 0. The van der Waals surface area contributed by atoms with Gasteiger partial charge >= 0.3 is 0 Å². The van der Waals surface area contributed by atoms with E-state index in [1.807, 2.05) is 18.2 Å². The Morgan fingerprint density at radius 3 is 2.86 bits per heavy atom. The van der Waals surface area contributed by atoms with Gasteiger partial charge in [0.25, 0.3) is 0 Å². The van der Waals surface area contributed by atoms with E-state index in [1.54, 1.807) is 0 Å². The van der Waals surface area contributed by atoms with Crippen LogP contribution in [0.5, 0.6) is 0 Å². The second-order valence-corrected chi connectivity index (χ2v) is 8.14. The van der Waals surface area contributed by atoms with Gasteiger partial charge in [0.2, 0.25) is 0 Å². The van der Waals surface area contributed by atoms with Gasteiger partial charge in [-0.3, -0.25) is 0 Å². The molecule has 0 fully saturated rings. The van der Waals surface area contributed by atoms with Crippen LogP contribution in [0, 0.1) is 0 Å². The summed E-state index contributed by atoms with van der Waals surface area (Å²) >= 11 is 6.75. The van der Waals surface area contributed by atoms with Crippen LogP contribution in [0.2, 0.25) is 0 Å². The molecule has 4 heteroatoms. The van der Waals surface area contributed by atoms with Crippen molar-refractivity contribution in [2.75, 3.05) is 6.61 Å². The van der Waals surface area contributed by atoms with Gasteiger partial charge in [0.05, 0.1) is 22.2 Å². The monoisotopic (exact) mass is 428 g/mol. The van der Waals surface area contributed by atoms with Crippen LogP contribution >= 0.6 is 31.9 Å². The largest absolute Gasteiger partial charge is 0.377 e. The molecule has 1 heterocycles. The van der Waals surface area contributed by atoms with Gasteiger partial charge in [-0.25, -0.2) is 0 Å². The Kier molecular flexibility index (Phi) is 8.45. The van der Waals surface area contributed by atoms with Crippen LogP contribution in [0.1, 0.15) is 31.2 Å². The van der Waals surface area contributed by atoms with Gasteiger partial charge in [0.1, 0.15) is 0 Å². The third-order valence-corrected chi connectivity index (χ3v) is 4.20. The Morgan fingerprint density at radius 1 is 1.27 bits per heavy atom. The number of hydrogen-bond acceptors (Lipinski definition) is 2. The molecular weight excluding hydrogens is 408 g/mol. The zero-order chi connectivity index (χ0) is 15.6. The van der Waals surface area contributed by atoms with E-state index in [4.69, 9.17) is 9.47 Å². The molecule has 0 radical (unpaired) electrons. The first-order valence-corrected chi connectivity index (χ1v) is 9.27. The summed E-state index contributed by atoms with van der Waals surface area (Å²) in [6.45, 7) is 1.48. The fraction of sp³-hybridized carbons (Fsp3) is 0.444. The number of ether oxygens (including phenoxy) is 2. The third kappa shape index (κ3) is 7.23. The fourth-order valence-corrected chi connectivity index (χ4v) is 2.81. The Balaban J connectivity index is 1.59. The summed E-state index contributed by atoms with van der Waals surface area (Å²) in [5.41, 5.74) is 1.23. The summed E-state index contributed by atoms with van der Waals surface area (Å²) < 4.78 is 12.8. The molecule has 1 aromatic rings. The summed E-state index contributed by atoms with van der Waals surface area (Å²) in [7, 11) is 0. The molecule has 1 aliphatic rings. The summed E-state index contributed by atoms with van der Waals surface area (Å²) in [5, 5.41) is 0. The lowest BCUT2D eigenvalue weighted by molar-refractivity contribution is -0.00297. The van der Waals surface area contributed by atoms with E-state index in [0.717, 1.165) is 35.7 Å². The van der Waals surface area contributed by atoms with Crippen LogP contribution in [0.15, 0.2) is 52.0 Å². The molecule has 22 heavy (non-hydrogen) atoms. The molecule has 0 aromatic heterocycles. The quantitative estimate of drug-likeness (QED) is 0.388. The van der Waals surface area contributed by atoms with Gasteiger partial charge < -0.3 is 9.47 Å². The lowest BCUT2D eigenvalue weighted by Gasteiger charge is -2.25.